The van der Waals surface area contributed by atoms with Crippen LogP contribution in [0.2, 0.25) is 0 Å². The molecule has 2 aliphatic rings. The van der Waals surface area contributed by atoms with Crippen molar-refractivity contribution in [3.05, 3.63) is 0 Å². The van der Waals surface area contributed by atoms with Crippen molar-refractivity contribution in [2.75, 3.05) is 26.3 Å². The minimum atomic E-state index is -3.24. The predicted molar refractivity (Wildman–Crippen MR) is 66.3 cm³/mol. The van der Waals surface area contributed by atoms with Gasteiger partial charge in [0.15, 0.2) is 0 Å². The molecule has 1 aliphatic carbocycles. The Hall–Kier alpha value is 0.120. The molecule has 0 atom stereocenters. The number of ether oxygens (including phenoxy) is 1. The predicted octanol–water partition coefficient (Wildman–Crippen LogP) is 0.703. The van der Waals surface area contributed by atoms with Crippen LogP contribution >= 0.6 is 11.6 Å². The van der Waals surface area contributed by atoms with Crippen LogP contribution in [-0.2, 0) is 14.8 Å². The Morgan fingerprint density at radius 1 is 1.12 bits per heavy atom. The molecule has 0 amide bonds. The van der Waals surface area contributed by atoms with Crippen LogP contribution in [0.25, 0.3) is 0 Å². The summed E-state index contributed by atoms with van der Waals surface area (Å²) in [5.74, 6) is 0. The molecule has 0 radical (unpaired) electrons. The highest BCUT2D eigenvalue weighted by Gasteiger charge is 2.31. The Balaban J connectivity index is 1.89. The van der Waals surface area contributed by atoms with E-state index in [1.807, 2.05) is 0 Å². The van der Waals surface area contributed by atoms with Crippen molar-refractivity contribution >= 4 is 21.6 Å². The Morgan fingerprint density at radius 3 is 2.29 bits per heavy atom. The number of nitrogens with zero attached hydrogens (tertiary/aromatic N) is 1. The Bertz CT molecular complexity index is 335. The second-order valence-electron chi connectivity index (χ2n) is 4.61. The van der Waals surface area contributed by atoms with Gasteiger partial charge in [-0.15, -0.1) is 16.4 Å². The number of nitrogens with one attached hydrogen (secondary N) is 1. The first-order valence-corrected chi connectivity index (χ1v) is 8.04. The minimum absolute atomic E-state index is 0.143. The zero-order chi connectivity index (χ0) is 12.3. The molecule has 1 aliphatic heterocycles. The van der Waals surface area contributed by atoms with E-state index in [1.165, 1.54) is 0 Å². The largest absolute Gasteiger partial charge is 0.379 e. The van der Waals surface area contributed by atoms with Crippen LogP contribution in [0.1, 0.15) is 25.7 Å². The first kappa shape index (κ1) is 13.5. The summed E-state index contributed by atoms with van der Waals surface area (Å²) in [5, 5.41) is 1.58. The third-order valence-electron chi connectivity index (χ3n) is 3.31. The molecule has 2 fully saturated rings. The second kappa shape index (κ2) is 5.84. The molecule has 1 saturated heterocycles. The molecule has 0 unspecified atom stereocenters. The average molecular weight is 283 g/mol. The molecule has 5 nitrogen and oxygen atoms in total. The summed E-state index contributed by atoms with van der Waals surface area (Å²) in [6.45, 7) is 2.39. The number of hydrogen-bond acceptors (Lipinski definition) is 4. The van der Waals surface area contributed by atoms with E-state index in [0.717, 1.165) is 12.8 Å². The lowest BCUT2D eigenvalue weighted by Crippen LogP contribution is -2.51. The molecule has 1 saturated carbocycles. The average Bonchev–Trinajstić information content (AvgIpc) is 2.30. The third kappa shape index (κ3) is 3.79. The lowest BCUT2D eigenvalue weighted by Gasteiger charge is -2.31. The van der Waals surface area contributed by atoms with Gasteiger partial charge in [0, 0.05) is 18.5 Å². The van der Waals surface area contributed by atoms with Crippen LogP contribution in [-0.4, -0.2) is 50.4 Å². The summed E-state index contributed by atoms with van der Waals surface area (Å²) < 4.78 is 29.4. The van der Waals surface area contributed by atoms with E-state index >= 15 is 0 Å². The number of hydrogen-bond donors (Lipinski definition) is 1. The van der Waals surface area contributed by atoms with Gasteiger partial charge < -0.3 is 4.74 Å². The molecule has 0 bridgehead atoms. The summed E-state index contributed by atoms with van der Waals surface area (Å²) in [6, 6.07) is 0. The topological polar surface area (TPSA) is 58.6 Å². The number of sulfonamides is 1. The summed E-state index contributed by atoms with van der Waals surface area (Å²) in [7, 11) is -3.24. The Labute approximate surface area is 107 Å². The van der Waals surface area contributed by atoms with Crippen molar-refractivity contribution < 1.29 is 13.2 Å². The molecule has 100 valence electrons. The zero-order valence-corrected chi connectivity index (χ0v) is 11.3. The summed E-state index contributed by atoms with van der Waals surface area (Å²) in [6.07, 6.45) is 2.90. The number of halogens is 1. The third-order valence-corrected chi connectivity index (χ3v) is 5.61. The fourth-order valence-corrected chi connectivity index (χ4v) is 4.08. The number of alkyl halides is 1. The maximum Gasteiger partial charge on any atom is 0.227 e. The van der Waals surface area contributed by atoms with Crippen molar-refractivity contribution in [2.45, 2.75) is 36.3 Å². The van der Waals surface area contributed by atoms with Gasteiger partial charge in [-0.2, -0.15) is 0 Å². The molecule has 1 heterocycles. The van der Waals surface area contributed by atoms with Gasteiger partial charge in [-0.3, -0.25) is 0 Å². The SMILES string of the molecule is O=S(=O)(NN1CCOCC1)C1CCC(Cl)CC1. The first-order chi connectivity index (χ1) is 8.08. The smallest absolute Gasteiger partial charge is 0.227 e. The normalized spacial score (nSPS) is 32.5. The molecule has 7 heteroatoms. The maximum absolute atomic E-state index is 12.1. The quantitative estimate of drug-likeness (QED) is 0.775. The van der Waals surface area contributed by atoms with Crippen LogP contribution in [0.5, 0.6) is 0 Å². The van der Waals surface area contributed by atoms with E-state index < -0.39 is 10.0 Å². The standard InChI is InChI=1S/C10H19ClN2O3S/c11-9-1-3-10(4-2-9)17(14,15)12-13-5-7-16-8-6-13/h9-10,12H,1-8H2. The van der Waals surface area contributed by atoms with Gasteiger partial charge in [-0.25, -0.2) is 13.4 Å². The number of rotatable bonds is 3. The highest BCUT2D eigenvalue weighted by molar-refractivity contribution is 7.90. The van der Waals surface area contributed by atoms with Gasteiger partial charge in [0.1, 0.15) is 0 Å². The molecule has 0 aromatic carbocycles. The lowest BCUT2D eigenvalue weighted by molar-refractivity contribution is 0.0270. The molecular weight excluding hydrogens is 264 g/mol. The summed E-state index contributed by atoms with van der Waals surface area (Å²) >= 11 is 5.98. The van der Waals surface area contributed by atoms with Gasteiger partial charge in [-0.1, -0.05) is 0 Å². The Morgan fingerprint density at radius 2 is 1.71 bits per heavy atom. The van der Waals surface area contributed by atoms with Crippen LogP contribution in [0, 0.1) is 0 Å². The number of hydrazine groups is 1. The van der Waals surface area contributed by atoms with E-state index in [-0.39, 0.29) is 10.6 Å². The van der Waals surface area contributed by atoms with Crippen LogP contribution in [0.15, 0.2) is 0 Å². The lowest BCUT2D eigenvalue weighted by atomic mass is 10.00. The number of morpholine rings is 1. The van der Waals surface area contributed by atoms with Gasteiger partial charge in [0.2, 0.25) is 10.0 Å². The van der Waals surface area contributed by atoms with Gasteiger partial charge in [-0.05, 0) is 25.7 Å². The monoisotopic (exact) mass is 282 g/mol. The second-order valence-corrected chi connectivity index (χ2v) is 7.17. The van der Waals surface area contributed by atoms with E-state index in [9.17, 15) is 8.42 Å². The molecule has 2 rings (SSSR count). The van der Waals surface area contributed by atoms with Gasteiger partial charge in [0.25, 0.3) is 0 Å². The molecular formula is C10H19ClN2O3S. The van der Waals surface area contributed by atoms with E-state index in [2.05, 4.69) is 4.83 Å². The van der Waals surface area contributed by atoms with Crippen LogP contribution < -0.4 is 4.83 Å². The van der Waals surface area contributed by atoms with E-state index in [0.29, 0.717) is 39.1 Å². The highest BCUT2D eigenvalue weighted by Crippen LogP contribution is 2.27. The molecule has 1 N–H and O–H groups in total. The molecule has 0 aromatic rings. The molecule has 17 heavy (non-hydrogen) atoms. The fourth-order valence-electron chi connectivity index (χ4n) is 2.24. The van der Waals surface area contributed by atoms with Gasteiger partial charge in [0.05, 0.1) is 18.5 Å². The molecule has 0 aromatic heterocycles. The van der Waals surface area contributed by atoms with Crippen LogP contribution in [0.4, 0.5) is 0 Å². The van der Waals surface area contributed by atoms with Crippen LogP contribution in [0.3, 0.4) is 0 Å². The summed E-state index contributed by atoms with van der Waals surface area (Å²) in [4.78, 5) is 2.66. The van der Waals surface area contributed by atoms with Crippen molar-refractivity contribution in [1.29, 1.82) is 0 Å². The van der Waals surface area contributed by atoms with Gasteiger partial charge >= 0.3 is 0 Å². The van der Waals surface area contributed by atoms with Crippen molar-refractivity contribution in [3.8, 4) is 0 Å². The highest BCUT2D eigenvalue weighted by atomic mass is 35.5. The Kier molecular flexibility index (Phi) is 4.65. The maximum atomic E-state index is 12.1. The van der Waals surface area contributed by atoms with Crippen molar-refractivity contribution in [1.82, 2.24) is 9.84 Å². The van der Waals surface area contributed by atoms with Crippen molar-refractivity contribution in [2.24, 2.45) is 0 Å². The van der Waals surface area contributed by atoms with E-state index in [4.69, 9.17) is 16.3 Å². The zero-order valence-electron chi connectivity index (χ0n) is 9.77. The molecule has 0 spiro atoms. The first-order valence-electron chi connectivity index (χ1n) is 6.06. The van der Waals surface area contributed by atoms with E-state index in [1.54, 1.807) is 5.01 Å². The van der Waals surface area contributed by atoms with Crippen molar-refractivity contribution in [3.63, 3.8) is 0 Å². The minimum Gasteiger partial charge on any atom is -0.379 e. The fraction of sp³-hybridized carbons (Fsp3) is 1.00. The summed E-state index contributed by atoms with van der Waals surface area (Å²) in [5.41, 5.74) is 0.